The molecule has 1 aromatic heterocycles. The topological polar surface area (TPSA) is 102 Å². The summed E-state index contributed by atoms with van der Waals surface area (Å²) in [7, 11) is 2.12. The summed E-state index contributed by atoms with van der Waals surface area (Å²) in [6.45, 7) is 4.93. The predicted molar refractivity (Wildman–Crippen MR) is 109 cm³/mol. The van der Waals surface area contributed by atoms with Gasteiger partial charge in [0.15, 0.2) is 0 Å². The molecule has 3 heterocycles. The maximum absolute atomic E-state index is 11.9. The number of aromatic amines is 1. The maximum Gasteiger partial charge on any atom is 0.254 e. The van der Waals surface area contributed by atoms with Crippen molar-refractivity contribution < 1.29 is 5.11 Å². The van der Waals surface area contributed by atoms with Gasteiger partial charge in [0.2, 0.25) is 5.95 Å². The highest BCUT2D eigenvalue weighted by molar-refractivity contribution is 5.43. The number of anilines is 2. The molecule has 2 aliphatic rings. The first-order valence-electron chi connectivity index (χ1n) is 9.78. The molecule has 2 aromatic rings. The number of hydrogen-bond acceptors (Lipinski definition) is 7. The van der Waals surface area contributed by atoms with Gasteiger partial charge in [0.1, 0.15) is 11.4 Å². The van der Waals surface area contributed by atoms with Crippen LogP contribution >= 0.6 is 0 Å². The third-order valence-electron chi connectivity index (χ3n) is 6.03. The molecule has 0 unspecified atom stereocenters. The molecule has 0 radical (unpaired) electrons. The fraction of sp³-hybridized carbons (Fsp3) is 0.500. The van der Waals surface area contributed by atoms with Crippen molar-refractivity contribution in [1.82, 2.24) is 19.8 Å². The minimum atomic E-state index is -0.944. The molecule has 0 saturated carbocycles. The van der Waals surface area contributed by atoms with E-state index < -0.39 is 5.60 Å². The maximum atomic E-state index is 11.9. The second-order valence-electron chi connectivity index (χ2n) is 7.83. The summed E-state index contributed by atoms with van der Waals surface area (Å²) in [5.74, 6) is 0.679. The Morgan fingerprint density at radius 1 is 1.18 bits per heavy atom. The highest BCUT2D eigenvalue weighted by Crippen LogP contribution is 2.37. The van der Waals surface area contributed by atoms with Crippen molar-refractivity contribution in [1.29, 1.82) is 0 Å². The van der Waals surface area contributed by atoms with Gasteiger partial charge < -0.3 is 20.6 Å². The van der Waals surface area contributed by atoms with Crippen molar-refractivity contribution in [2.75, 3.05) is 56.9 Å². The number of aromatic nitrogens is 2. The molecule has 150 valence electrons. The van der Waals surface area contributed by atoms with Crippen LogP contribution in [0.15, 0.2) is 41.2 Å². The molecule has 0 spiro atoms. The van der Waals surface area contributed by atoms with E-state index in [4.69, 9.17) is 5.73 Å². The van der Waals surface area contributed by atoms with Crippen LogP contribution < -0.4 is 16.2 Å². The highest BCUT2D eigenvalue weighted by Gasteiger charge is 2.46. The van der Waals surface area contributed by atoms with Gasteiger partial charge in [0.05, 0.1) is 6.04 Å². The number of piperidine rings is 1. The first-order chi connectivity index (χ1) is 13.5. The molecule has 8 heteroatoms. The Kier molecular flexibility index (Phi) is 5.09. The smallest absolute Gasteiger partial charge is 0.254 e. The Morgan fingerprint density at radius 3 is 2.57 bits per heavy atom. The predicted octanol–water partition coefficient (Wildman–Crippen LogP) is 0.0660. The summed E-state index contributed by atoms with van der Waals surface area (Å²) in [4.78, 5) is 25.4. The Morgan fingerprint density at radius 2 is 1.89 bits per heavy atom. The quantitative estimate of drug-likeness (QED) is 0.688. The number of nitrogen functional groups attached to an aromatic ring is 1. The van der Waals surface area contributed by atoms with E-state index in [0.29, 0.717) is 25.3 Å². The molecule has 1 aromatic carbocycles. The normalized spacial score (nSPS) is 27.1. The summed E-state index contributed by atoms with van der Waals surface area (Å²) >= 11 is 0. The van der Waals surface area contributed by atoms with Crippen LogP contribution in [0.4, 0.5) is 11.8 Å². The number of H-pyrrole nitrogens is 1. The third-order valence-corrected chi connectivity index (χ3v) is 6.03. The van der Waals surface area contributed by atoms with E-state index in [1.54, 1.807) is 0 Å². The zero-order valence-corrected chi connectivity index (χ0v) is 16.2. The van der Waals surface area contributed by atoms with Gasteiger partial charge >= 0.3 is 0 Å². The van der Waals surface area contributed by atoms with Crippen molar-refractivity contribution in [3.63, 3.8) is 0 Å². The lowest BCUT2D eigenvalue weighted by Gasteiger charge is -2.51. The molecule has 0 amide bonds. The molecule has 2 saturated heterocycles. The number of piperazine rings is 1. The fourth-order valence-electron chi connectivity index (χ4n) is 4.37. The van der Waals surface area contributed by atoms with Crippen molar-refractivity contribution in [3.8, 4) is 0 Å². The number of benzene rings is 1. The number of hydrogen-bond donors (Lipinski definition) is 3. The molecular formula is C20H28N6O2. The summed E-state index contributed by atoms with van der Waals surface area (Å²) in [6, 6.07) is 11.3. The van der Waals surface area contributed by atoms with Crippen LogP contribution in [0.2, 0.25) is 0 Å². The Bertz CT molecular complexity index is 864. The van der Waals surface area contributed by atoms with E-state index in [1.165, 1.54) is 6.07 Å². The molecule has 2 fully saturated rings. The van der Waals surface area contributed by atoms with Gasteiger partial charge in [0, 0.05) is 45.3 Å². The van der Waals surface area contributed by atoms with Gasteiger partial charge in [-0.1, -0.05) is 30.3 Å². The lowest BCUT2D eigenvalue weighted by atomic mass is 9.79. The SMILES string of the molecule is CN1CCN([C@@H]2CN(c3cc(=O)[nH]c(N)n3)CC[C@]2(O)c2ccccc2)CC1. The van der Waals surface area contributed by atoms with E-state index in [2.05, 4.69) is 31.7 Å². The van der Waals surface area contributed by atoms with E-state index in [-0.39, 0.29) is 17.5 Å². The minimum Gasteiger partial charge on any atom is -0.383 e. The van der Waals surface area contributed by atoms with Crippen LogP contribution in [-0.4, -0.2) is 77.2 Å². The summed E-state index contributed by atoms with van der Waals surface area (Å²) in [5, 5.41) is 11.8. The van der Waals surface area contributed by atoms with E-state index in [0.717, 1.165) is 31.7 Å². The van der Waals surface area contributed by atoms with Crippen molar-refractivity contribution in [3.05, 3.63) is 52.3 Å². The van der Waals surface area contributed by atoms with E-state index in [1.807, 2.05) is 30.3 Å². The number of nitrogens with zero attached hydrogens (tertiary/aromatic N) is 4. The first-order valence-corrected chi connectivity index (χ1v) is 9.78. The first kappa shape index (κ1) is 18.9. The highest BCUT2D eigenvalue weighted by atomic mass is 16.3. The monoisotopic (exact) mass is 384 g/mol. The number of nitrogens with one attached hydrogen (secondary N) is 1. The molecule has 4 N–H and O–H groups in total. The zero-order valence-electron chi connectivity index (χ0n) is 16.2. The van der Waals surface area contributed by atoms with Gasteiger partial charge in [-0.3, -0.25) is 14.7 Å². The van der Waals surface area contributed by atoms with Crippen molar-refractivity contribution in [2.24, 2.45) is 0 Å². The van der Waals surface area contributed by atoms with Gasteiger partial charge in [-0.25, -0.2) is 0 Å². The molecular weight excluding hydrogens is 356 g/mol. The lowest BCUT2D eigenvalue weighted by molar-refractivity contribution is -0.0757. The largest absolute Gasteiger partial charge is 0.383 e. The van der Waals surface area contributed by atoms with Crippen LogP contribution in [0.1, 0.15) is 12.0 Å². The molecule has 8 nitrogen and oxygen atoms in total. The van der Waals surface area contributed by atoms with Gasteiger partial charge in [-0.15, -0.1) is 0 Å². The average Bonchev–Trinajstić information content (AvgIpc) is 2.69. The zero-order chi connectivity index (χ0) is 19.7. The van der Waals surface area contributed by atoms with E-state index >= 15 is 0 Å². The molecule has 2 atom stereocenters. The van der Waals surface area contributed by atoms with Crippen LogP contribution in [0.5, 0.6) is 0 Å². The van der Waals surface area contributed by atoms with Gasteiger partial charge in [-0.2, -0.15) is 4.98 Å². The van der Waals surface area contributed by atoms with Crippen molar-refractivity contribution in [2.45, 2.75) is 18.1 Å². The van der Waals surface area contributed by atoms with Crippen LogP contribution in [0, 0.1) is 0 Å². The molecule has 4 rings (SSSR count). The van der Waals surface area contributed by atoms with Crippen molar-refractivity contribution >= 4 is 11.8 Å². The fourth-order valence-corrected chi connectivity index (χ4v) is 4.37. The second-order valence-corrected chi connectivity index (χ2v) is 7.83. The van der Waals surface area contributed by atoms with Crippen LogP contribution in [-0.2, 0) is 5.60 Å². The minimum absolute atomic E-state index is 0.0975. The molecule has 2 aliphatic heterocycles. The number of likely N-dealkylation sites (N-methyl/N-ethyl adjacent to an activating group) is 1. The molecule has 0 bridgehead atoms. The molecule has 28 heavy (non-hydrogen) atoms. The van der Waals surface area contributed by atoms with Gasteiger partial charge in [-0.05, 0) is 19.0 Å². The third kappa shape index (κ3) is 3.63. The molecule has 0 aliphatic carbocycles. The number of nitrogens with two attached hydrogens (primary N) is 1. The Labute approximate surface area is 164 Å². The average molecular weight is 384 g/mol. The van der Waals surface area contributed by atoms with E-state index in [9.17, 15) is 9.90 Å². The van der Waals surface area contributed by atoms with Crippen LogP contribution in [0.3, 0.4) is 0 Å². The van der Waals surface area contributed by atoms with Crippen LogP contribution in [0.25, 0.3) is 0 Å². The Hall–Kier alpha value is -2.42. The second kappa shape index (κ2) is 7.54. The Balaban J connectivity index is 1.66. The number of rotatable bonds is 3. The van der Waals surface area contributed by atoms with Gasteiger partial charge in [0.25, 0.3) is 5.56 Å². The number of aliphatic hydroxyl groups is 1. The lowest BCUT2D eigenvalue weighted by Crippen LogP contribution is -2.64. The summed E-state index contributed by atoms with van der Waals surface area (Å²) in [6.07, 6.45) is 0.558. The summed E-state index contributed by atoms with van der Waals surface area (Å²) in [5.41, 5.74) is 5.48. The summed E-state index contributed by atoms with van der Waals surface area (Å²) < 4.78 is 0. The standard InChI is InChI=1S/C20H28N6O2/c1-24-9-11-25(12-10-24)16-14-26(17-13-18(27)23-19(21)22-17)8-7-20(16,28)15-5-3-2-4-6-15/h2-6,13,16,28H,7-12,14H2,1H3,(H3,21,22,23,27)/t16-,20+/m1/s1.